The number of rotatable bonds is 5. The maximum absolute atomic E-state index is 12.0. The first-order valence-corrected chi connectivity index (χ1v) is 7.75. The summed E-state index contributed by atoms with van der Waals surface area (Å²) in [5.41, 5.74) is 0. The maximum Gasteiger partial charge on any atom is 0.317 e. The van der Waals surface area contributed by atoms with Crippen molar-refractivity contribution in [2.45, 2.75) is 12.8 Å². The number of hydrogen-bond donors (Lipinski definition) is 1. The van der Waals surface area contributed by atoms with E-state index in [0.29, 0.717) is 18.9 Å². The number of likely N-dealkylation sites (tertiary alicyclic amines) is 1. The third kappa shape index (κ3) is 4.52. The van der Waals surface area contributed by atoms with Gasteiger partial charge in [-0.15, -0.1) is 0 Å². The largest absolute Gasteiger partial charge is 0.454 e. The summed E-state index contributed by atoms with van der Waals surface area (Å²) >= 11 is 3.27. The minimum absolute atomic E-state index is 0.0388. The number of amides is 2. The van der Waals surface area contributed by atoms with Crippen molar-refractivity contribution in [3.8, 4) is 0 Å². The number of furan rings is 1. The standard InChI is InChI=1S/C14H22BrN3O2/c1-17(2)9-11-6-8-18(10-11)14(19)16-7-5-12-3-4-13(15)20-12/h3-4,11H,5-10H2,1-2H3,(H,16,19)/t11-/m0/s1. The van der Waals surface area contributed by atoms with Gasteiger partial charge >= 0.3 is 6.03 Å². The highest BCUT2D eigenvalue weighted by Crippen LogP contribution is 2.17. The predicted molar refractivity (Wildman–Crippen MR) is 81.7 cm³/mol. The number of carbonyl (C=O) groups is 1. The summed E-state index contributed by atoms with van der Waals surface area (Å²) in [5.74, 6) is 1.47. The molecule has 6 heteroatoms. The lowest BCUT2D eigenvalue weighted by atomic mass is 10.1. The van der Waals surface area contributed by atoms with Crippen molar-refractivity contribution < 1.29 is 9.21 Å². The summed E-state index contributed by atoms with van der Waals surface area (Å²) in [6.07, 6.45) is 1.81. The SMILES string of the molecule is CN(C)C[C@@H]1CCN(C(=O)NCCc2ccc(Br)o2)C1. The van der Waals surface area contributed by atoms with Gasteiger partial charge < -0.3 is 19.5 Å². The van der Waals surface area contributed by atoms with Crippen LogP contribution < -0.4 is 5.32 Å². The Morgan fingerprint density at radius 2 is 2.35 bits per heavy atom. The van der Waals surface area contributed by atoms with Crippen molar-refractivity contribution >= 4 is 22.0 Å². The Hall–Kier alpha value is -1.01. The van der Waals surface area contributed by atoms with Crippen LogP contribution in [-0.2, 0) is 6.42 Å². The van der Waals surface area contributed by atoms with Crippen LogP contribution in [0.1, 0.15) is 12.2 Å². The molecule has 0 aliphatic carbocycles. The van der Waals surface area contributed by atoms with E-state index in [4.69, 9.17) is 4.42 Å². The third-order valence-electron chi connectivity index (χ3n) is 3.47. The summed E-state index contributed by atoms with van der Waals surface area (Å²) in [6, 6.07) is 3.82. The van der Waals surface area contributed by atoms with Gasteiger partial charge in [0.2, 0.25) is 0 Å². The molecule has 2 heterocycles. The quantitative estimate of drug-likeness (QED) is 0.891. The van der Waals surface area contributed by atoms with Crippen LogP contribution in [0.25, 0.3) is 0 Å². The van der Waals surface area contributed by atoms with Gasteiger partial charge in [-0.05, 0) is 54.5 Å². The zero-order valence-corrected chi connectivity index (χ0v) is 13.6. The van der Waals surface area contributed by atoms with Gasteiger partial charge in [0.1, 0.15) is 5.76 Å². The fourth-order valence-corrected chi connectivity index (χ4v) is 2.91. The van der Waals surface area contributed by atoms with Gasteiger partial charge in [0.25, 0.3) is 0 Å². The molecule has 0 radical (unpaired) electrons. The van der Waals surface area contributed by atoms with E-state index in [-0.39, 0.29) is 6.03 Å². The van der Waals surface area contributed by atoms with Crippen LogP contribution in [0.3, 0.4) is 0 Å². The molecule has 2 amide bonds. The first-order valence-electron chi connectivity index (χ1n) is 6.96. The molecular weight excluding hydrogens is 322 g/mol. The fourth-order valence-electron chi connectivity index (χ4n) is 2.57. The zero-order chi connectivity index (χ0) is 14.5. The Kier molecular flexibility index (Phi) is 5.48. The summed E-state index contributed by atoms with van der Waals surface area (Å²) < 4.78 is 6.12. The Morgan fingerprint density at radius 1 is 1.55 bits per heavy atom. The zero-order valence-electron chi connectivity index (χ0n) is 12.1. The summed E-state index contributed by atoms with van der Waals surface area (Å²) in [4.78, 5) is 16.1. The van der Waals surface area contributed by atoms with Crippen LogP contribution >= 0.6 is 15.9 Å². The summed E-state index contributed by atoms with van der Waals surface area (Å²) in [5, 5.41) is 2.95. The second-order valence-corrected chi connectivity index (χ2v) is 6.33. The van der Waals surface area contributed by atoms with Gasteiger partial charge in [-0.1, -0.05) is 0 Å². The van der Waals surface area contributed by atoms with Gasteiger partial charge in [-0.3, -0.25) is 0 Å². The molecule has 0 spiro atoms. The van der Waals surface area contributed by atoms with E-state index < -0.39 is 0 Å². The molecule has 0 aromatic carbocycles. The van der Waals surface area contributed by atoms with E-state index >= 15 is 0 Å². The lowest BCUT2D eigenvalue weighted by Crippen LogP contribution is -2.39. The molecular formula is C14H22BrN3O2. The number of halogens is 1. The minimum atomic E-state index is 0.0388. The second kappa shape index (κ2) is 7.13. The van der Waals surface area contributed by atoms with Crippen molar-refractivity contribution in [3.63, 3.8) is 0 Å². The molecule has 1 aliphatic rings. The smallest absolute Gasteiger partial charge is 0.317 e. The molecule has 2 rings (SSSR count). The van der Waals surface area contributed by atoms with Crippen molar-refractivity contribution in [2.75, 3.05) is 40.3 Å². The average molecular weight is 344 g/mol. The molecule has 1 fully saturated rings. The Bertz CT molecular complexity index is 447. The van der Waals surface area contributed by atoms with Crippen LogP contribution in [0.2, 0.25) is 0 Å². The fraction of sp³-hybridized carbons (Fsp3) is 0.643. The number of hydrogen-bond acceptors (Lipinski definition) is 3. The van der Waals surface area contributed by atoms with E-state index in [1.54, 1.807) is 0 Å². The molecule has 1 saturated heterocycles. The molecule has 20 heavy (non-hydrogen) atoms. The van der Waals surface area contributed by atoms with Gasteiger partial charge in [0, 0.05) is 32.6 Å². The van der Waals surface area contributed by atoms with E-state index in [9.17, 15) is 4.79 Å². The first kappa shape index (κ1) is 15.4. The number of urea groups is 1. The van der Waals surface area contributed by atoms with E-state index in [1.165, 1.54) is 0 Å². The highest BCUT2D eigenvalue weighted by Gasteiger charge is 2.26. The van der Waals surface area contributed by atoms with Crippen LogP contribution in [0.15, 0.2) is 21.2 Å². The van der Waals surface area contributed by atoms with Crippen LogP contribution in [0.4, 0.5) is 4.79 Å². The number of carbonyl (C=O) groups excluding carboxylic acids is 1. The molecule has 1 N–H and O–H groups in total. The van der Waals surface area contributed by atoms with Gasteiger partial charge in [-0.25, -0.2) is 4.79 Å². The third-order valence-corrected chi connectivity index (χ3v) is 3.90. The second-order valence-electron chi connectivity index (χ2n) is 5.55. The highest BCUT2D eigenvalue weighted by atomic mass is 79.9. The predicted octanol–water partition coefficient (Wildman–Crippen LogP) is 2.18. The van der Waals surface area contributed by atoms with Crippen molar-refractivity contribution in [2.24, 2.45) is 5.92 Å². The molecule has 1 aromatic heterocycles. The number of nitrogens with one attached hydrogen (secondary N) is 1. The molecule has 0 bridgehead atoms. The Labute approximate surface area is 128 Å². The molecule has 0 saturated carbocycles. The van der Waals surface area contributed by atoms with Crippen LogP contribution in [0, 0.1) is 5.92 Å². The summed E-state index contributed by atoms with van der Waals surface area (Å²) in [7, 11) is 4.15. The molecule has 0 unspecified atom stereocenters. The Morgan fingerprint density at radius 3 is 3.00 bits per heavy atom. The van der Waals surface area contributed by atoms with Crippen molar-refractivity contribution in [1.82, 2.24) is 15.1 Å². The molecule has 1 aromatic rings. The maximum atomic E-state index is 12.0. The summed E-state index contributed by atoms with van der Waals surface area (Å²) in [6.45, 7) is 3.37. The highest BCUT2D eigenvalue weighted by molar-refractivity contribution is 9.10. The molecule has 5 nitrogen and oxygen atoms in total. The molecule has 112 valence electrons. The van der Waals surface area contributed by atoms with Crippen LogP contribution in [0.5, 0.6) is 0 Å². The van der Waals surface area contributed by atoms with Gasteiger partial charge in [0.15, 0.2) is 4.67 Å². The van der Waals surface area contributed by atoms with Gasteiger partial charge in [0.05, 0.1) is 0 Å². The lowest BCUT2D eigenvalue weighted by molar-refractivity contribution is 0.205. The minimum Gasteiger partial charge on any atom is -0.454 e. The average Bonchev–Trinajstić information content (AvgIpc) is 2.98. The van der Waals surface area contributed by atoms with E-state index in [2.05, 4.69) is 40.2 Å². The lowest BCUT2D eigenvalue weighted by Gasteiger charge is -2.19. The number of nitrogens with zero attached hydrogens (tertiary/aromatic N) is 2. The molecule has 1 aliphatic heterocycles. The van der Waals surface area contributed by atoms with Crippen molar-refractivity contribution in [3.05, 3.63) is 22.6 Å². The van der Waals surface area contributed by atoms with Gasteiger partial charge in [-0.2, -0.15) is 0 Å². The van der Waals surface area contributed by atoms with E-state index in [1.807, 2.05) is 17.0 Å². The van der Waals surface area contributed by atoms with Crippen molar-refractivity contribution in [1.29, 1.82) is 0 Å². The monoisotopic (exact) mass is 343 g/mol. The Balaban J connectivity index is 1.68. The first-order chi connectivity index (χ1) is 9.54. The van der Waals surface area contributed by atoms with Crippen LogP contribution in [-0.4, -0.2) is 56.1 Å². The van der Waals surface area contributed by atoms with E-state index in [0.717, 1.165) is 36.5 Å². The molecule has 1 atom stereocenters. The topological polar surface area (TPSA) is 48.7 Å². The normalized spacial score (nSPS) is 18.8.